The molecule has 3 heteroatoms. The Morgan fingerprint density at radius 1 is 1.18 bits per heavy atom. The minimum Gasteiger partial charge on any atom is -0.455 e. The van der Waals surface area contributed by atoms with Crippen molar-refractivity contribution in [1.82, 2.24) is 0 Å². The predicted molar refractivity (Wildman–Crippen MR) is 80.1 cm³/mol. The molecule has 0 rings (SSSR count). The fourth-order valence-corrected chi connectivity index (χ4v) is 1.58. The second-order valence-corrected chi connectivity index (χ2v) is 10.6. The SMILES string of the molecule is CCC=CCC(CC)=NO[Si](C)(C)C(C)(C)C. The average molecular weight is 255 g/mol. The number of oxime groups is 1. The topological polar surface area (TPSA) is 21.6 Å². The molecule has 0 amide bonds. The number of hydrogen-bond donors (Lipinski definition) is 0. The Bertz CT molecular complexity index is 274. The van der Waals surface area contributed by atoms with Crippen LogP contribution in [-0.2, 0) is 4.53 Å². The summed E-state index contributed by atoms with van der Waals surface area (Å²) >= 11 is 0. The van der Waals surface area contributed by atoms with Crippen molar-refractivity contribution < 1.29 is 4.53 Å². The van der Waals surface area contributed by atoms with Crippen LogP contribution in [0, 0.1) is 0 Å². The van der Waals surface area contributed by atoms with Crippen molar-refractivity contribution >= 4 is 14.0 Å². The van der Waals surface area contributed by atoms with Crippen molar-refractivity contribution in [3.8, 4) is 0 Å². The van der Waals surface area contributed by atoms with Crippen LogP contribution in [0.15, 0.2) is 17.3 Å². The Morgan fingerprint density at radius 2 is 1.76 bits per heavy atom. The van der Waals surface area contributed by atoms with Gasteiger partial charge in [0.1, 0.15) is 0 Å². The van der Waals surface area contributed by atoms with E-state index in [9.17, 15) is 0 Å². The lowest BCUT2D eigenvalue weighted by Crippen LogP contribution is -2.39. The van der Waals surface area contributed by atoms with E-state index in [1.54, 1.807) is 0 Å². The summed E-state index contributed by atoms with van der Waals surface area (Å²) in [6.45, 7) is 15.4. The lowest BCUT2D eigenvalue weighted by molar-refractivity contribution is 0.306. The summed E-state index contributed by atoms with van der Waals surface area (Å²) < 4.78 is 5.87. The van der Waals surface area contributed by atoms with Crippen LogP contribution in [-0.4, -0.2) is 14.0 Å². The monoisotopic (exact) mass is 255 g/mol. The molecule has 0 saturated carbocycles. The van der Waals surface area contributed by atoms with Gasteiger partial charge in [0.15, 0.2) is 0 Å². The highest BCUT2D eigenvalue weighted by atomic mass is 28.4. The Hall–Kier alpha value is -0.573. The fourth-order valence-electron chi connectivity index (χ4n) is 0.948. The molecule has 0 unspecified atom stereocenters. The first-order valence-corrected chi connectivity index (χ1v) is 9.54. The number of rotatable bonds is 6. The van der Waals surface area contributed by atoms with E-state index in [0.717, 1.165) is 25.0 Å². The molecule has 0 aliphatic carbocycles. The van der Waals surface area contributed by atoms with Crippen molar-refractivity contribution in [1.29, 1.82) is 0 Å². The molecule has 0 aliphatic heterocycles. The molecule has 0 aromatic rings. The van der Waals surface area contributed by atoms with Gasteiger partial charge in [-0.25, -0.2) is 0 Å². The van der Waals surface area contributed by atoms with Crippen LogP contribution < -0.4 is 0 Å². The van der Waals surface area contributed by atoms with Gasteiger partial charge in [0, 0.05) is 6.42 Å². The van der Waals surface area contributed by atoms with E-state index in [-0.39, 0.29) is 5.04 Å². The van der Waals surface area contributed by atoms with Gasteiger partial charge in [-0.3, -0.25) is 0 Å². The zero-order valence-corrected chi connectivity index (χ0v) is 13.6. The first-order valence-electron chi connectivity index (χ1n) is 6.63. The molecule has 100 valence electrons. The van der Waals surface area contributed by atoms with Gasteiger partial charge in [0.05, 0.1) is 5.71 Å². The lowest BCUT2D eigenvalue weighted by Gasteiger charge is -2.33. The summed E-state index contributed by atoms with van der Waals surface area (Å²) in [7, 11) is -1.74. The highest BCUT2D eigenvalue weighted by molar-refractivity contribution is 6.74. The molecule has 0 saturated heterocycles. The molecule has 0 fully saturated rings. The number of nitrogens with zero attached hydrogens (tertiary/aromatic N) is 1. The summed E-state index contributed by atoms with van der Waals surface area (Å²) in [5.74, 6) is 0. The molecule has 0 heterocycles. The van der Waals surface area contributed by atoms with Crippen molar-refractivity contribution in [3.05, 3.63) is 12.2 Å². The molecule has 0 aromatic heterocycles. The predicted octanol–water partition coefficient (Wildman–Crippen LogP) is 5.13. The summed E-state index contributed by atoms with van der Waals surface area (Å²) in [5, 5.41) is 4.60. The fraction of sp³-hybridized carbons (Fsp3) is 0.786. The molecule has 0 N–H and O–H groups in total. The zero-order chi connectivity index (χ0) is 13.5. The smallest absolute Gasteiger partial charge is 0.286 e. The molecule has 0 bridgehead atoms. The van der Waals surface area contributed by atoms with Gasteiger partial charge in [-0.1, -0.05) is 46.8 Å². The Labute approximate surface area is 108 Å². The minimum absolute atomic E-state index is 0.217. The average Bonchev–Trinajstić information content (AvgIpc) is 2.21. The van der Waals surface area contributed by atoms with Gasteiger partial charge < -0.3 is 4.53 Å². The zero-order valence-electron chi connectivity index (χ0n) is 12.6. The lowest BCUT2D eigenvalue weighted by atomic mass is 10.2. The summed E-state index contributed by atoms with van der Waals surface area (Å²) in [5.41, 5.74) is 1.14. The van der Waals surface area contributed by atoms with Crippen molar-refractivity contribution in [2.75, 3.05) is 0 Å². The molecule has 0 aliphatic rings. The Morgan fingerprint density at radius 3 is 2.18 bits per heavy atom. The third-order valence-corrected chi connectivity index (χ3v) is 7.53. The van der Waals surface area contributed by atoms with E-state index in [1.165, 1.54) is 0 Å². The summed E-state index contributed by atoms with van der Waals surface area (Å²) in [6, 6.07) is 0. The van der Waals surface area contributed by atoms with E-state index in [2.05, 4.69) is 65.0 Å². The molecule has 0 spiro atoms. The van der Waals surface area contributed by atoms with Gasteiger partial charge in [-0.05, 0) is 31.0 Å². The van der Waals surface area contributed by atoms with E-state index >= 15 is 0 Å². The third kappa shape index (κ3) is 6.06. The van der Waals surface area contributed by atoms with Gasteiger partial charge in [-0.2, -0.15) is 0 Å². The molecular weight excluding hydrogens is 226 g/mol. The molecule has 0 radical (unpaired) electrons. The molecular formula is C14H29NOSi. The van der Waals surface area contributed by atoms with Gasteiger partial charge in [0.2, 0.25) is 0 Å². The number of allylic oxidation sites excluding steroid dienone is 2. The molecule has 0 atom stereocenters. The van der Waals surface area contributed by atoms with Crippen LogP contribution in [0.5, 0.6) is 0 Å². The van der Waals surface area contributed by atoms with Crippen LogP contribution in [0.3, 0.4) is 0 Å². The van der Waals surface area contributed by atoms with Crippen molar-refractivity contribution in [3.63, 3.8) is 0 Å². The second-order valence-electron chi connectivity index (χ2n) is 5.95. The minimum atomic E-state index is -1.74. The highest BCUT2D eigenvalue weighted by Crippen LogP contribution is 2.36. The van der Waals surface area contributed by atoms with Crippen LogP contribution in [0.4, 0.5) is 0 Å². The van der Waals surface area contributed by atoms with Gasteiger partial charge in [0.25, 0.3) is 8.32 Å². The van der Waals surface area contributed by atoms with Crippen molar-refractivity contribution in [2.24, 2.45) is 5.16 Å². The largest absolute Gasteiger partial charge is 0.455 e. The van der Waals surface area contributed by atoms with Crippen LogP contribution >= 0.6 is 0 Å². The van der Waals surface area contributed by atoms with E-state index in [4.69, 9.17) is 4.53 Å². The van der Waals surface area contributed by atoms with Crippen LogP contribution in [0.2, 0.25) is 18.1 Å². The summed E-state index contributed by atoms with van der Waals surface area (Å²) in [6.07, 6.45) is 7.32. The third-order valence-electron chi connectivity index (χ3n) is 3.37. The normalized spacial score (nSPS) is 14.4. The highest BCUT2D eigenvalue weighted by Gasteiger charge is 2.39. The molecule has 17 heavy (non-hydrogen) atoms. The maximum absolute atomic E-state index is 5.87. The summed E-state index contributed by atoms with van der Waals surface area (Å²) in [4.78, 5) is 0. The quantitative estimate of drug-likeness (QED) is 0.279. The molecule has 0 aromatic carbocycles. The maximum atomic E-state index is 5.87. The second kappa shape index (κ2) is 6.99. The first kappa shape index (κ1) is 16.4. The number of hydrogen-bond acceptors (Lipinski definition) is 2. The Balaban J connectivity index is 4.51. The van der Waals surface area contributed by atoms with E-state index in [0.29, 0.717) is 0 Å². The van der Waals surface area contributed by atoms with Gasteiger partial charge in [-0.15, -0.1) is 5.16 Å². The Kier molecular flexibility index (Phi) is 6.76. The van der Waals surface area contributed by atoms with Crippen LogP contribution in [0.1, 0.15) is 53.9 Å². The van der Waals surface area contributed by atoms with Crippen LogP contribution in [0.25, 0.3) is 0 Å². The maximum Gasteiger partial charge on any atom is 0.286 e. The standard InChI is InChI=1S/C14H29NOSi/c1-8-10-11-12-13(9-2)15-16-17(6,7)14(3,4)5/h10-11H,8-9,12H2,1-7H3. The van der Waals surface area contributed by atoms with Gasteiger partial charge >= 0.3 is 0 Å². The van der Waals surface area contributed by atoms with E-state index in [1.807, 2.05) is 0 Å². The van der Waals surface area contributed by atoms with Crippen molar-refractivity contribution in [2.45, 2.75) is 72.0 Å². The molecule has 2 nitrogen and oxygen atoms in total. The van der Waals surface area contributed by atoms with E-state index < -0.39 is 8.32 Å². The first-order chi connectivity index (χ1) is 7.74.